The Morgan fingerprint density at radius 2 is 2.00 bits per heavy atom. The van der Waals surface area contributed by atoms with E-state index < -0.39 is 21.9 Å². The molecule has 1 amide bonds. The minimum absolute atomic E-state index is 0.0759. The van der Waals surface area contributed by atoms with Crippen LogP contribution in [-0.4, -0.2) is 48.0 Å². The number of hydrogen-bond acceptors (Lipinski definition) is 5. The summed E-state index contributed by atoms with van der Waals surface area (Å²) in [7, 11) is -4.55. The fourth-order valence-corrected chi connectivity index (χ4v) is 3.62. The lowest BCUT2D eigenvalue weighted by Gasteiger charge is -2.16. The molecule has 6 nitrogen and oxygen atoms in total. The maximum absolute atomic E-state index is 12.7. The predicted octanol–water partition coefficient (Wildman–Crippen LogP) is 1.32. The van der Waals surface area contributed by atoms with Crippen LogP contribution in [0.25, 0.3) is 11.0 Å². The van der Waals surface area contributed by atoms with Crippen LogP contribution in [0.5, 0.6) is 0 Å². The van der Waals surface area contributed by atoms with Crippen LogP contribution in [-0.2, 0) is 21.4 Å². The first-order valence-corrected chi connectivity index (χ1v) is 8.87. The van der Waals surface area contributed by atoms with Gasteiger partial charge in [-0.2, -0.15) is 8.42 Å². The van der Waals surface area contributed by atoms with Gasteiger partial charge in [0.15, 0.2) is 0 Å². The molecule has 0 radical (unpaired) electrons. The van der Waals surface area contributed by atoms with Crippen molar-refractivity contribution in [3.8, 4) is 0 Å². The highest BCUT2D eigenvalue weighted by atomic mass is 32.3. The largest absolute Gasteiger partial charge is 0.342 e. The summed E-state index contributed by atoms with van der Waals surface area (Å²) in [5.41, 5.74) is 2.36. The molecule has 0 saturated carbocycles. The van der Waals surface area contributed by atoms with Crippen molar-refractivity contribution in [2.24, 2.45) is 5.92 Å². The van der Waals surface area contributed by atoms with Gasteiger partial charge >= 0.3 is 10.2 Å². The molecule has 1 aliphatic rings. The maximum atomic E-state index is 12.7. The number of benzene rings is 1. The van der Waals surface area contributed by atoms with Crippen molar-refractivity contribution in [1.82, 2.24) is 14.9 Å². The molecule has 122 valence electrons. The van der Waals surface area contributed by atoms with Crippen molar-refractivity contribution in [2.75, 3.05) is 18.8 Å². The summed E-state index contributed by atoms with van der Waals surface area (Å²) >= 11 is 0. The smallest absolute Gasteiger partial charge is 0.302 e. The molecule has 1 saturated heterocycles. The van der Waals surface area contributed by atoms with Crippen molar-refractivity contribution >= 4 is 27.2 Å². The molecule has 1 unspecified atom stereocenters. The lowest BCUT2D eigenvalue weighted by Crippen LogP contribution is -2.28. The van der Waals surface area contributed by atoms with Crippen LogP contribution >= 0.6 is 0 Å². The number of carbonyl (C=O) groups excluding carboxylic acids is 1. The van der Waals surface area contributed by atoms with Crippen LogP contribution in [0.1, 0.15) is 12.1 Å². The molecule has 0 bridgehead atoms. The third-order valence-corrected chi connectivity index (χ3v) is 4.74. The third kappa shape index (κ3) is 4.01. The van der Waals surface area contributed by atoms with E-state index in [1.807, 2.05) is 24.3 Å². The van der Waals surface area contributed by atoms with Crippen molar-refractivity contribution in [2.45, 2.75) is 12.8 Å². The molecule has 2 aromatic rings. The Morgan fingerprint density at radius 3 is 2.74 bits per heavy atom. The van der Waals surface area contributed by atoms with Gasteiger partial charge in [0.05, 0.1) is 22.5 Å². The Kier molecular flexibility index (Phi) is 4.25. The summed E-state index contributed by atoms with van der Waals surface area (Å²) in [5, 5.41) is 0. The second kappa shape index (κ2) is 6.19. The van der Waals surface area contributed by atoms with E-state index in [2.05, 4.69) is 9.97 Å². The van der Waals surface area contributed by atoms with E-state index in [1.54, 1.807) is 11.1 Å². The van der Waals surface area contributed by atoms with Crippen LogP contribution < -0.4 is 0 Å². The van der Waals surface area contributed by atoms with Crippen LogP contribution in [0.3, 0.4) is 0 Å². The van der Waals surface area contributed by atoms with E-state index in [1.165, 1.54) is 0 Å². The SMILES string of the molecule is O=C1CC(CS(=O)(=O)F)CN1CCc1cnc2ccccc2n1. The Morgan fingerprint density at radius 1 is 1.26 bits per heavy atom. The first-order chi connectivity index (χ1) is 10.9. The zero-order valence-corrected chi connectivity index (χ0v) is 13.2. The molecule has 8 heteroatoms. The van der Waals surface area contributed by atoms with Gasteiger partial charge in [0, 0.05) is 38.0 Å². The predicted molar refractivity (Wildman–Crippen MR) is 82.8 cm³/mol. The number of carbonyl (C=O) groups is 1. The summed E-state index contributed by atoms with van der Waals surface area (Å²) in [6, 6.07) is 7.51. The lowest BCUT2D eigenvalue weighted by molar-refractivity contribution is -0.127. The van der Waals surface area contributed by atoms with Gasteiger partial charge in [0.25, 0.3) is 0 Å². The topological polar surface area (TPSA) is 80.2 Å². The van der Waals surface area contributed by atoms with Gasteiger partial charge in [-0.3, -0.25) is 9.78 Å². The Balaban J connectivity index is 1.62. The van der Waals surface area contributed by atoms with E-state index in [4.69, 9.17) is 0 Å². The average Bonchev–Trinajstić information content (AvgIpc) is 2.82. The molecule has 1 aromatic carbocycles. The molecule has 0 N–H and O–H groups in total. The molecule has 1 fully saturated rings. The second-order valence-electron chi connectivity index (χ2n) is 5.72. The molecule has 1 atom stereocenters. The summed E-state index contributed by atoms with van der Waals surface area (Å²) in [5.74, 6) is -1.21. The van der Waals surface area contributed by atoms with Gasteiger partial charge in [-0.15, -0.1) is 3.89 Å². The normalized spacial score (nSPS) is 18.7. The van der Waals surface area contributed by atoms with E-state index in [0.717, 1.165) is 16.7 Å². The first kappa shape index (κ1) is 15.8. The summed E-state index contributed by atoms with van der Waals surface area (Å²) in [4.78, 5) is 22.2. The standard InChI is InChI=1S/C15H16FN3O3S/c16-23(21,22)10-11-7-15(20)19(9-11)6-5-12-8-17-13-3-1-2-4-14(13)18-12/h1-4,8,11H,5-7,9-10H2. The molecule has 2 heterocycles. The second-order valence-corrected chi connectivity index (χ2v) is 7.13. The number of fused-ring (bicyclic) bond motifs is 1. The lowest BCUT2D eigenvalue weighted by atomic mass is 10.1. The Labute approximate surface area is 133 Å². The van der Waals surface area contributed by atoms with E-state index in [-0.39, 0.29) is 18.9 Å². The monoisotopic (exact) mass is 337 g/mol. The van der Waals surface area contributed by atoms with Gasteiger partial charge < -0.3 is 4.90 Å². The van der Waals surface area contributed by atoms with Crippen molar-refractivity contribution < 1.29 is 17.1 Å². The number of aromatic nitrogens is 2. The van der Waals surface area contributed by atoms with E-state index in [0.29, 0.717) is 13.0 Å². The number of halogens is 1. The van der Waals surface area contributed by atoms with Crippen LogP contribution in [0.2, 0.25) is 0 Å². The van der Waals surface area contributed by atoms with E-state index >= 15 is 0 Å². The molecule has 0 aliphatic carbocycles. The van der Waals surface area contributed by atoms with Gasteiger partial charge in [-0.25, -0.2) is 4.98 Å². The molecular weight excluding hydrogens is 321 g/mol. The minimum Gasteiger partial charge on any atom is -0.342 e. The molecule has 1 aliphatic heterocycles. The molecule has 0 spiro atoms. The summed E-state index contributed by atoms with van der Waals surface area (Å²) < 4.78 is 34.1. The number of amides is 1. The van der Waals surface area contributed by atoms with Crippen LogP contribution in [0.4, 0.5) is 3.89 Å². The highest BCUT2D eigenvalue weighted by Crippen LogP contribution is 2.20. The number of rotatable bonds is 5. The zero-order valence-electron chi connectivity index (χ0n) is 12.4. The van der Waals surface area contributed by atoms with Gasteiger partial charge in [0.2, 0.25) is 5.91 Å². The van der Waals surface area contributed by atoms with Crippen molar-refractivity contribution in [3.05, 3.63) is 36.2 Å². The molecular formula is C15H16FN3O3S. The highest BCUT2D eigenvalue weighted by molar-refractivity contribution is 7.86. The number of likely N-dealkylation sites (tertiary alicyclic amines) is 1. The van der Waals surface area contributed by atoms with Crippen molar-refractivity contribution in [3.63, 3.8) is 0 Å². The fraction of sp³-hybridized carbons (Fsp3) is 0.400. The minimum atomic E-state index is -4.55. The fourth-order valence-electron chi connectivity index (χ4n) is 2.83. The summed E-state index contributed by atoms with van der Waals surface area (Å²) in [6.45, 7) is 0.692. The third-order valence-electron chi connectivity index (χ3n) is 3.87. The molecule has 3 rings (SSSR count). The highest BCUT2D eigenvalue weighted by Gasteiger charge is 2.32. The quantitative estimate of drug-likeness (QED) is 0.769. The van der Waals surface area contributed by atoms with E-state index in [9.17, 15) is 17.1 Å². The number of hydrogen-bond donors (Lipinski definition) is 0. The summed E-state index contributed by atoms with van der Waals surface area (Å²) in [6.07, 6.45) is 2.28. The average molecular weight is 337 g/mol. The molecule has 1 aromatic heterocycles. The zero-order chi connectivity index (χ0) is 16.4. The maximum Gasteiger partial charge on any atom is 0.302 e. The van der Waals surface area contributed by atoms with Crippen molar-refractivity contribution in [1.29, 1.82) is 0 Å². The van der Waals surface area contributed by atoms with Gasteiger partial charge in [-0.1, -0.05) is 12.1 Å². The van der Waals surface area contributed by atoms with Gasteiger partial charge in [-0.05, 0) is 12.1 Å². The Bertz CT molecular complexity index is 841. The van der Waals surface area contributed by atoms with Gasteiger partial charge in [0.1, 0.15) is 0 Å². The van der Waals surface area contributed by atoms with Crippen LogP contribution in [0.15, 0.2) is 30.5 Å². The first-order valence-electron chi connectivity index (χ1n) is 7.31. The Hall–Kier alpha value is -2.09. The number of nitrogens with zero attached hydrogens (tertiary/aromatic N) is 3. The molecule has 23 heavy (non-hydrogen) atoms. The van der Waals surface area contributed by atoms with Crippen LogP contribution in [0, 0.1) is 5.92 Å². The number of para-hydroxylation sites is 2.